The summed E-state index contributed by atoms with van der Waals surface area (Å²) in [5.74, 6) is 2.71. The summed E-state index contributed by atoms with van der Waals surface area (Å²) in [6.07, 6.45) is 31.5. The maximum atomic E-state index is 6.52. The second kappa shape index (κ2) is 27.3. The molecule has 5 aromatic heterocycles. The summed E-state index contributed by atoms with van der Waals surface area (Å²) in [7, 11) is 6.66. The third-order valence-corrected chi connectivity index (χ3v) is 20.1. The number of imidazole rings is 2. The molecule has 8 aromatic rings. The second-order valence-electron chi connectivity index (χ2n) is 25.1. The molecule has 3 atom stereocenters. The lowest BCUT2D eigenvalue weighted by Gasteiger charge is -2.35. The van der Waals surface area contributed by atoms with Crippen molar-refractivity contribution in [3.63, 3.8) is 0 Å². The molecule has 8 heterocycles. The fraction of sp³-hybridized carbons (Fsp3) is 0.365. The van der Waals surface area contributed by atoms with E-state index in [0.717, 1.165) is 91.5 Å². The van der Waals surface area contributed by atoms with E-state index in [1.54, 1.807) is 0 Å². The Bertz CT molecular complexity index is 3830. The molecule has 3 fully saturated rings. The number of likely N-dealkylation sites (tertiary alicyclic amines) is 3. The van der Waals surface area contributed by atoms with E-state index in [1.165, 1.54) is 123 Å². The van der Waals surface area contributed by atoms with E-state index >= 15 is 0 Å². The van der Waals surface area contributed by atoms with Crippen LogP contribution in [0.1, 0.15) is 148 Å². The van der Waals surface area contributed by atoms with Crippen LogP contribution in [0.3, 0.4) is 0 Å². The van der Waals surface area contributed by atoms with Crippen LogP contribution < -0.4 is 0 Å². The molecule has 3 aliphatic heterocycles. The van der Waals surface area contributed by atoms with Crippen molar-refractivity contribution < 1.29 is 0 Å². The Morgan fingerprint density at radius 1 is 0.506 bits per heavy atom. The summed E-state index contributed by atoms with van der Waals surface area (Å²) in [4.78, 5) is 30.6. The molecule has 3 saturated heterocycles. The predicted molar refractivity (Wildman–Crippen MR) is 360 cm³/mol. The zero-order valence-corrected chi connectivity index (χ0v) is 53.4. The molecule has 0 amide bonds. The van der Waals surface area contributed by atoms with Crippen molar-refractivity contribution in [2.45, 2.75) is 96.1 Å². The molecule has 3 aromatic carbocycles. The van der Waals surface area contributed by atoms with Gasteiger partial charge in [-0.15, -0.1) is 0 Å². The number of halogens is 3. The highest BCUT2D eigenvalue weighted by Gasteiger charge is 2.37. The highest BCUT2D eigenvalue weighted by Crippen LogP contribution is 2.49. The Hall–Kier alpha value is -6.76. The number of hydrogen-bond donors (Lipinski definition) is 0. The Morgan fingerprint density at radius 3 is 1.32 bits per heavy atom. The first-order valence-corrected chi connectivity index (χ1v) is 32.5. The summed E-state index contributed by atoms with van der Waals surface area (Å²) < 4.78 is 4.39. The van der Waals surface area contributed by atoms with Gasteiger partial charge in [-0.25, -0.2) is 9.97 Å². The summed E-state index contributed by atoms with van der Waals surface area (Å²) in [6, 6.07) is 32.0. The van der Waals surface area contributed by atoms with Crippen molar-refractivity contribution >= 4 is 69.8 Å². The van der Waals surface area contributed by atoms with Crippen LogP contribution in [0.5, 0.6) is 0 Å². The molecule has 3 unspecified atom stereocenters. The van der Waals surface area contributed by atoms with Gasteiger partial charge in [0.25, 0.3) is 0 Å². The van der Waals surface area contributed by atoms with E-state index in [-0.39, 0.29) is 0 Å². The van der Waals surface area contributed by atoms with Crippen LogP contribution in [0.4, 0.5) is 0 Å². The monoisotopic (exact) mass is 1210 g/mol. The first kappa shape index (κ1) is 60.5. The number of benzene rings is 3. The molecular formula is C74H81Cl3N10. The second-order valence-corrected chi connectivity index (χ2v) is 26.4. The molecule has 13 heteroatoms. The number of aryl methyl sites for hydroxylation is 4. The van der Waals surface area contributed by atoms with Crippen molar-refractivity contribution in [1.82, 2.24) is 48.8 Å². The number of allylic oxidation sites excluding steroid dienone is 4. The number of piperidine rings is 3. The Labute approximate surface area is 530 Å². The third kappa shape index (κ3) is 13.6. The standard InChI is InChI=1S/2C26H29ClN4.C22H23ClN2/c1-18-16-28-17-31(18)13-9-20-14-21-4-3-10-29-26(21)25(19-7-11-30(2)12-8-19)23-6-5-22(27)15-24(20)23;1-18-16-31(17-29-18)13-9-20-14-21-4-3-10-28-26(21)25(19-7-11-30(2)12-8-19)23-6-5-22(27)15-24(20)23;1-3-15-13-17-5-4-10-24-22(17)21(16-8-11-25(2)12-9-16)19-7-6-18(23)14-20(15)19/h2*3-6,10,14-17,19,25H,7-9,11-13H2,1-2H3;3-7,10,13-14,16,21H,1,8-9,11-12H2,2H3. The van der Waals surface area contributed by atoms with Gasteiger partial charge in [0, 0.05) is 82.6 Å². The molecule has 0 saturated carbocycles. The van der Waals surface area contributed by atoms with Gasteiger partial charge in [0.05, 0.1) is 35.4 Å². The van der Waals surface area contributed by atoms with Gasteiger partial charge in [0.15, 0.2) is 0 Å². The lowest BCUT2D eigenvalue weighted by molar-refractivity contribution is 0.206. The molecule has 10 nitrogen and oxygen atoms in total. The van der Waals surface area contributed by atoms with E-state index in [9.17, 15) is 0 Å². The number of pyridine rings is 3. The van der Waals surface area contributed by atoms with Crippen molar-refractivity contribution in [3.8, 4) is 0 Å². The van der Waals surface area contributed by atoms with Crippen LogP contribution in [0.25, 0.3) is 34.9 Å². The largest absolute Gasteiger partial charge is 0.337 e. The van der Waals surface area contributed by atoms with E-state index in [2.05, 4.69) is 160 Å². The average Bonchev–Trinajstić information content (AvgIpc) is 1.85. The van der Waals surface area contributed by atoms with Gasteiger partial charge in [-0.2, -0.15) is 0 Å². The fourth-order valence-corrected chi connectivity index (χ4v) is 15.2. The highest BCUT2D eigenvalue weighted by atomic mass is 35.5. The predicted octanol–water partition coefficient (Wildman–Crippen LogP) is 16.6. The molecular weight excluding hydrogens is 1140 g/mol. The minimum absolute atomic E-state index is 0.306. The number of fused-ring (bicyclic) bond motifs is 6. The van der Waals surface area contributed by atoms with Gasteiger partial charge < -0.3 is 23.8 Å². The zero-order chi connectivity index (χ0) is 60.1. The molecule has 87 heavy (non-hydrogen) atoms. The van der Waals surface area contributed by atoms with Crippen LogP contribution in [-0.2, 0) is 13.1 Å². The Kier molecular flexibility index (Phi) is 19.0. The Balaban J connectivity index is 0.000000128. The van der Waals surface area contributed by atoms with Gasteiger partial charge in [0.1, 0.15) is 0 Å². The summed E-state index contributed by atoms with van der Waals surface area (Å²) in [6.45, 7) is 16.8. The first-order chi connectivity index (χ1) is 42.3. The first-order valence-electron chi connectivity index (χ1n) is 31.4. The van der Waals surface area contributed by atoms with Crippen LogP contribution in [0, 0.1) is 31.6 Å². The SMILES string of the molecule is C=CC1=Cc2cccnc2C(C2CCN(C)CC2)c2ccc(Cl)cc21.Cc1cn(CCC2=Cc3cccnc3C(C3CCN(C)CC3)c3ccc(Cl)cc32)cn1.Cc1cncn1CCC1=Cc2cccnc2C(C2CCN(C)CC2)c2ccc(Cl)cc21. The summed E-state index contributed by atoms with van der Waals surface area (Å²) >= 11 is 19.4. The maximum Gasteiger partial charge on any atom is 0.0949 e. The zero-order valence-electron chi connectivity index (χ0n) is 51.1. The van der Waals surface area contributed by atoms with Crippen molar-refractivity contribution in [2.75, 3.05) is 60.4 Å². The van der Waals surface area contributed by atoms with E-state index in [1.807, 2.05) is 74.7 Å². The van der Waals surface area contributed by atoms with Crippen LogP contribution in [-0.4, -0.2) is 109 Å². The average molecular weight is 1220 g/mol. The van der Waals surface area contributed by atoms with Crippen molar-refractivity contribution in [3.05, 3.63) is 241 Å². The normalized spacial score (nSPS) is 19.9. The van der Waals surface area contributed by atoms with Gasteiger partial charge in [-0.05, 0) is 283 Å². The number of aromatic nitrogens is 7. The smallest absolute Gasteiger partial charge is 0.0949 e. The summed E-state index contributed by atoms with van der Waals surface area (Å²) in [5.41, 5.74) is 21.2. The quantitative estimate of drug-likeness (QED) is 0.134. The molecule has 0 radical (unpaired) electrons. The highest BCUT2D eigenvalue weighted by molar-refractivity contribution is 6.31. The number of hydrogen-bond acceptors (Lipinski definition) is 8. The van der Waals surface area contributed by atoms with E-state index in [0.29, 0.717) is 35.5 Å². The fourth-order valence-electron chi connectivity index (χ4n) is 14.7. The van der Waals surface area contributed by atoms with Gasteiger partial charge >= 0.3 is 0 Å². The minimum Gasteiger partial charge on any atom is -0.337 e. The molecule has 6 aliphatic rings. The lowest BCUT2D eigenvalue weighted by Crippen LogP contribution is -2.33. The van der Waals surface area contributed by atoms with Crippen molar-refractivity contribution in [2.24, 2.45) is 17.8 Å². The van der Waals surface area contributed by atoms with Crippen LogP contribution in [0.15, 0.2) is 147 Å². The molecule has 0 spiro atoms. The van der Waals surface area contributed by atoms with Crippen LogP contribution >= 0.6 is 34.8 Å². The molecule has 448 valence electrons. The van der Waals surface area contributed by atoms with E-state index < -0.39 is 0 Å². The molecule has 0 N–H and O–H groups in total. The maximum absolute atomic E-state index is 6.52. The number of rotatable bonds is 10. The van der Waals surface area contributed by atoms with Gasteiger partial charge in [-0.1, -0.05) is 83.9 Å². The van der Waals surface area contributed by atoms with E-state index in [4.69, 9.17) is 49.8 Å². The lowest BCUT2D eigenvalue weighted by atomic mass is 9.76. The topological polar surface area (TPSA) is 84.0 Å². The van der Waals surface area contributed by atoms with Gasteiger partial charge in [-0.3, -0.25) is 15.0 Å². The molecule has 14 rings (SSSR count). The summed E-state index contributed by atoms with van der Waals surface area (Å²) in [5, 5.41) is 2.36. The number of nitrogens with zero attached hydrogens (tertiary/aromatic N) is 10. The molecule has 0 bridgehead atoms. The minimum atomic E-state index is 0.306. The van der Waals surface area contributed by atoms with Crippen molar-refractivity contribution in [1.29, 1.82) is 0 Å². The van der Waals surface area contributed by atoms with Gasteiger partial charge in [0.2, 0.25) is 0 Å². The Morgan fingerprint density at radius 2 is 0.920 bits per heavy atom. The third-order valence-electron chi connectivity index (χ3n) is 19.4. The molecule has 3 aliphatic carbocycles. The van der Waals surface area contributed by atoms with Crippen LogP contribution in [0.2, 0.25) is 15.1 Å².